The second kappa shape index (κ2) is 17.2. The van der Waals surface area contributed by atoms with Crippen LogP contribution in [-0.4, -0.2) is 14.1 Å². The summed E-state index contributed by atoms with van der Waals surface area (Å²) < 4.78 is 13.7. The Bertz CT molecular complexity index is 3470. The van der Waals surface area contributed by atoms with E-state index in [-0.39, 0.29) is 16.2 Å². The van der Waals surface area contributed by atoms with Crippen molar-refractivity contribution in [1.82, 2.24) is 14.1 Å². The molecule has 3 heterocycles. The Morgan fingerprint density at radius 3 is 1.75 bits per heavy atom. The van der Waals surface area contributed by atoms with Crippen molar-refractivity contribution < 1.29 is 9.30 Å². The van der Waals surface area contributed by atoms with E-state index in [0.717, 1.165) is 61.9 Å². The van der Waals surface area contributed by atoms with Gasteiger partial charge in [-0.2, -0.15) is 0 Å². The summed E-state index contributed by atoms with van der Waals surface area (Å²) in [6, 6.07) is 65.2. The van der Waals surface area contributed by atoms with Crippen LogP contribution in [0.2, 0.25) is 0 Å². The molecule has 0 aliphatic carbocycles. The molecule has 69 heavy (non-hydrogen) atoms. The largest absolute Gasteiger partial charge is 0.458 e. The summed E-state index contributed by atoms with van der Waals surface area (Å²) in [4.78, 5) is 4.93. The molecular weight excluding hydrogens is 841 g/mol. The van der Waals surface area contributed by atoms with Gasteiger partial charge in [0.25, 0.3) is 6.33 Å². The van der Waals surface area contributed by atoms with Gasteiger partial charge in [-0.1, -0.05) is 184 Å². The molecule has 5 nitrogen and oxygen atoms in total. The molecule has 0 saturated heterocycles. The van der Waals surface area contributed by atoms with Gasteiger partial charge in [0.05, 0.1) is 28.1 Å². The molecule has 0 fully saturated rings. The van der Waals surface area contributed by atoms with Gasteiger partial charge >= 0.3 is 0 Å². The zero-order valence-electron chi connectivity index (χ0n) is 41.7. The standard InChI is InChI=1S/C64H62N4O/c1-61(2,3)48-32-33-65-60(39-48)68-57-29-21-20-28-55(57)56-31-30-53(41-58(56)68)69-54-35-45(44-22-14-11-15-23-44)34-51(40-54)66-42-59(64(9,10)47-26-18-13-19-27-47)67(43-66)52-37-49(62(4,5)6)36-50(38-52)63(7,8)46-24-16-12-17-25-46/h11-42H,1-10H3. The van der Waals surface area contributed by atoms with E-state index in [4.69, 9.17) is 9.72 Å². The number of rotatable bonds is 10. The molecule has 0 spiro atoms. The van der Waals surface area contributed by atoms with E-state index >= 15 is 0 Å². The first-order chi connectivity index (χ1) is 32.9. The van der Waals surface area contributed by atoms with Gasteiger partial charge in [0.15, 0.2) is 0 Å². The Hall–Kier alpha value is -7.50. The highest BCUT2D eigenvalue weighted by Crippen LogP contribution is 2.40. The predicted octanol–water partition coefficient (Wildman–Crippen LogP) is 15.8. The molecule has 10 rings (SSSR count). The fourth-order valence-electron chi connectivity index (χ4n) is 9.68. The minimum Gasteiger partial charge on any atom is -0.458 e. The van der Waals surface area contributed by atoms with Gasteiger partial charge in [0.2, 0.25) is 0 Å². The summed E-state index contributed by atoms with van der Waals surface area (Å²) in [7, 11) is 0. The lowest BCUT2D eigenvalue weighted by molar-refractivity contribution is -0.611. The van der Waals surface area contributed by atoms with Gasteiger partial charge in [-0.15, -0.1) is 0 Å². The average molecular weight is 903 g/mol. The minimum atomic E-state index is -0.401. The number of fused-ring (bicyclic) bond motifs is 3. The number of ether oxygens (including phenoxy) is 1. The number of pyridine rings is 1. The monoisotopic (exact) mass is 902 g/mol. The maximum atomic E-state index is 7.01. The van der Waals surface area contributed by atoms with Crippen LogP contribution in [0.15, 0.2) is 194 Å². The zero-order valence-corrected chi connectivity index (χ0v) is 41.7. The van der Waals surface area contributed by atoms with E-state index in [9.17, 15) is 0 Å². The number of imidazole rings is 1. The number of aromatic nitrogens is 4. The normalized spacial score (nSPS) is 12.5. The van der Waals surface area contributed by atoms with E-state index in [1.807, 2.05) is 6.20 Å². The predicted molar refractivity (Wildman–Crippen MR) is 285 cm³/mol. The van der Waals surface area contributed by atoms with Crippen molar-refractivity contribution in [2.45, 2.75) is 90.9 Å². The van der Waals surface area contributed by atoms with E-state index < -0.39 is 5.41 Å². The molecule has 3 aromatic heterocycles. The maximum absolute atomic E-state index is 7.01. The highest BCUT2D eigenvalue weighted by molar-refractivity contribution is 6.09. The molecule has 0 aliphatic heterocycles. The number of hydrogen-bond acceptors (Lipinski definition) is 2. The van der Waals surface area contributed by atoms with Crippen molar-refractivity contribution in [2.24, 2.45) is 0 Å². The van der Waals surface area contributed by atoms with Gasteiger partial charge < -0.3 is 4.74 Å². The van der Waals surface area contributed by atoms with Crippen LogP contribution in [0.4, 0.5) is 0 Å². The van der Waals surface area contributed by atoms with Crippen LogP contribution in [0.1, 0.15) is 103 Å². The van der Waals surface area contributed by atoms with Gasteiger partial charge in [-0.05, 0) is 110 Å². The van der Waals surface area contributed by atoms with Crippen LogP contribution in [-0.2, 0) is 21.7 Å². The maximum Gasteiger partial charge on any atom is 0.269 e. The number of hydrogen-bond donors (Lipinski definition) is 0. The van der Waals surface area contributed by atoms with Gasteiger partial charge in [0, 0.05) is 40.1 Å². The lowest BCUT2D eigenvalue weighted by atomic mass is 9.75. The van der Waals surface area contributed by atoms with E-state index in [1.54, 1.807) is 0 Å². The van der Waals surface area contributed by atoms with Crippen LogP contribution in [0.5, 0.6) is 11.5 Å². The number of benzene rings is 7. The van der Waals surface area contributed by atoms with Crippen molar-refractivity contribution in [3.63, 3.8) is 0 Å². The second-order valence-electron chi connectivity index (χ2n) is 21.7. The smallest absolute Gasteiger partial charge is 0.269 e. The van der Waals surface area contributed by atoms with Crippen molar-refractivity contribution >= 4 is 21.8 Å². The third kappa shape index (κ3) is 8.67. The third-order valence-corrected chi connectivity index (χ3v) is 14.1. The van der Waals surface area contributed by atoms with Crippen LogP contribution in [0.25, 0.3) is 50.1 Å². The lowest BCUT2D eigenvalue weighted by Gasteiger charge is -2.31. The summed E-state index contributed by atoms with van der Waals surface area (Å²) in [6.07, 6.45) is 8.09. The molecule has 0 atom stereocenters. The van der Waals surface area contributed by atoms with E-state index in [0.29, 0.717) is 0 Å². The Labute approximate surface area is 408 Å². The second-order valence-corrected chi connectivity index (χ2v) is 21.7. The first kappa shape index (κ1) is 45.3. The third-order valence-electron chi connectivity index (χ3n) is 14.1. The first-order valence-corrected chi connectivity index (χ1v) is 24.2. The molecule has 5 heteroatoms. The highest BCUT2D eigenvalue weighted by Gasteiger charge is 2.31. The van der Waals surface area contributed by atoms with Crippen molar-refractivity contribution in [1.29, 1.82) is 0 Å². The molecule has 0 saturated carbocycles. The van der Waals surface area contributed by atoms with E-state index in [1.165, 1.54) is 33.2 Å². The molecule has 10 aromatic rings. The van der Waals surface area contributed by atoms with Crippen LogP contribution >= 0.6 is 0 Å². The molecular formula is C64H62N4O. The summed E-state index contributed by atoms with van der Waals surface area (Å²) in [5.41, 5.74) is 12.9. The summed E-state index contributed by atoms with van der Waals surface area (Å²) in [5, 5.41) is 2.32. The first-order valence-electron chi connectivity index (χ1n) is 24.2. The summed E-state index contributed by atoms with van der Waals surface area (Å²) >= 11 is 0. The van der Waals surface area contributed by atoms with E-state index in [2.05, 4.69) is 277 Å². The molecule has 0 unspecified atom stereocenters. The van der Waals surface area contributed by atoms with Gasteiger partial charge in [-0.25, -0.2) is 4.98 Å². The van der Waals surface area contributed by atoms with Gasteiger partial charge in [0.1, 0.15) is 17.3 Å². The van der Waals surface area contributed by atoms with Crippen molar-refractivity contribution in [2.75, 3.05) is 0 Å². The molecule has 0 N–H and O–H groups in total. The Morgan fingerprint density at radius 2 is 1.07 bits per heavy atom. The van der Waals surface area contributed by atoms with Crippen LogP contribution in [0.3, 0.4) is 0 Å². The summed E-state index contributed by atoms with van der Waals surface area (Å²) in [5.74, 6) is 2.34. The fraction of sp³-hybridized carbons (Fsp3) is 0.219. The molecule has 7 aromatic carbocycles. The fourth-order valence-corrected chi connectivity index (χ4v) is 9.68. The molecule has 344 valence electrons. The Kier molecular flexibility index (Phi) is 11.3. The summed E-state index contributed by atoms with van der Waals surface area (Å²) in [6.45, 7) is 22.9. The molecule has 0 amide bonds. The SMILES string of the molecule is CC(C)(C)c1cc(-[n+]2[c-]n(-c3cc(Oc4ccc5c6ccccc6n(-c6cc(C(C)(C)C)ccn6)c5c4)cc(-c4ccccc4)c3)cc2C(C)(C)c2ccccc2)cc(C(C)(C)c2ccccc2)c1. The zero-order chi connectivity index (χ0) is 48.3. The average Bonchev–Trinajstić information content (AvgIpc) is 3.95. The Morgan fingerprint density at radius 1 is 0.464 bits per heavy atom. The van der Waals surface area contributed by atoms with Gasteiger partial charge in [-0.3, -0.25) is 13.7 Å². The minimum absolute atomic E-state index is 0.0284. The van der Waals surface area contributed by atoms with Crippen molar-refractivity contribution in [3.05, 3.63) is 234 Å². The number of nitrogens with zero attached hydrogens (tertiary/aromatic N) is 4. The highest BCUT2D eigenvalue weighted by atomic mass is 16.5. The quantitative estimate of drug-likeness (QED) is 0.101. The molecule has 0 bridgehead atoms. The molecule has 0 aliphatic rings. The Balaban J connectivity index is 1.15. The lowest BCUT2D eigenvalue weighted by Crippen LogP contribution is -2.41. The topological polar surface area (TPSA) is 35.9 Å². The van der Waals surface area contributed by atoms with Crippen LogP contribution < -0.4 is 9.30 Å². The number of para-hydroxylation sites is 1. The van der Waals surface area contributed by atoms with Crippen LogP contribution in [0, 0.1) is 6.33 Å². The molecule has 0 radical (unpaired) electrons. The van der Waals surface area contributed by atoms with Crippen molar-refractivity contribution in [3.8, 4) is 39.8 Å².